The topological polar surface area (TPSA) is 116 Å². The van der Waals surface area contributed by atoms with E-state index in [0.29, 0.717) is 11.0 Å². The van der Waals surface area contributed by atoms with E-state index in [0.717, 1.165) is 39.3 Å². The second kappa shape index (κ2) is 8.54. The molecule has 3 aromatic heterocycles. The van der Waals surface area contributed by atoms with Crippen LogP contribution < -0.4 is 10.1 Å². The van der Waals surface area contributed by atoms with Gasteiger partial charge in [0.05, 0.1) is 21.7 Å². The zero-order chi connectivity index (χ0) is 20.9. The van der Waals surface area contributed by atoms with E-state index in [-0.39, 0.29) is 6.47 Å². The fourth-order valence-electron chi connectivity index (χ4n) is 2.94. The molecule has 0 aliphatic carbocycles. The first-order valence-electron chi connectivity index (χ1n) is 8.86. The number of aromatic amines is 2. The maximum absolute atomic E-state index is 8.36. The monoisotopic (exact) mass is 421 g/mol. The number of carbonyl (C=O) groups is 1. The third-order valence-corrected chi connectivity index (χ3v) is 4.39. The Labute approximate surface area is 175 Å². The number of carboxylic acid groups (broad SMARTS) is 1. The SMILES string of the molecule is Clc1cnc2[nH]cc(Nc3nc4cc(Oc5ccccc5)ccc4[nH]3)c2c1.O=CO. The number of H-pyrrole nitrogens is 2. The van der Waals surface area contributed by atoms with Crippen molar-refractivity contribution in [3.05, 3.63) is 72.0 Å². The molecule has 5 aromatic rings. The molecule has 0 fully saturated rings. The standard InChI is InChI=1S/C20H14ClN5O.CH2O2/c21-12-8-15-18(11-23-19(15)22-10-12)26-20-24-16-7-6-14(9-17(16)25-20)27-13-4-2-1-3-5-13;2-1-3/h1-11H,(H,22,23)(H2,24,25,26);1H,(H,2,3). The number of rotatable bonds is 4. The number of hydrogen-bond acceptors (Lipinski definition) is 5. The number of hydrogen-bond donors (Lipinski definition) is 4. The molecule has 0 spiro atoms. The highest BCUT2D eigenvalue weighted by Crippen LogP contribution is 2.29. The van der Waals surface area contributed by atoms with Crippen LogP contribution in [0, 0.1) is 0 Å². The van der Waals surface area contributed by atoms with E-state index in [9.17, 15) is 0 Å². The maximum Gasteiger partial charge on any atom is 0.290 e. The molecule has 0 atom stereocenters. The molecule has 0 radical (unpaired) electrons. The van der Waals surface area contributed by atoms with Crippen molar-refractivity contribution in [1.82, 2.24) is 19.9 Å². The number of ether oxygens (including phenoxy) is 1. The van der Waals surface area contributed by atoms with Gasteiger partial charge in [0.2, 0.25) is 5.95 Å². The van der Waals surface area contributed by atoms with E-state index in [4.69, 9.17) is 26.2 Å². The highest BCUT2D eigenvalue weighted by atomic mass is 35.5. The van der Waals surface area contributed by atoms with E-state index in [1.165, 1.54) is 0 Å². The molecule has 3 heterocycles. The van der Waals surface area contributed by atoms with Crippen molar-refractivity contribution in [1.29, 1.82) is 0 Å². The molecule has 0 saturated heterocycles. The van der Waals surface area contributed by atoms with Crippen LogP contribution >= 0.6 is 11.6 Å². The van der Waals surface area contributed by atoms with Crippen LogP contribution in [0.15, 0.2) is 67.0 Å². The summed E-state index contributed by atoms with van der Waals surface area (Å²) in [6.45, 7) is -0.250. The summed E-state index contributed by atoms with van der Waals surface area (Å²) >= 11 is 6.06. The molecule has 4 N–H and O–H groups in total. The van der Waals surface area contributed by atoms with Gasteiger partial charge in [0.15, 0.2) is 0 Å². The molecule has 0 amide bonds. The lowest BCUT2D eigenvalue weighted by Gasteiger charge is -2.04. The molecule has 0 bridgehead atoms. The Bertz CT molecular complexity index is 1300. The van der Waals surface area contributed by atoms with E-state index in [1.54, 1.807) is 6.20 Å². The molecular formula is C21H16ClN5O3. The highest BCUT2D eigenvalue weighted by molar-refractivity contribution is 6.31. The summed E-state index contributed by atoms with van der Waals surface area (Å²) in [5.41, 5.74) is 3.33. The van der Waals surface area contributed by atoms with Gasteiger partial charge in [-0.05, 0) is 30.3 Å². The average Bonchev–Trinajstić information content (AvgIpc) is 3.33. The van der Waals surface area contributed by atoms with Crippen LogP contribution in [-0.4, -0.2) is 31.5 Å². The Kier molecular flexibility index (Phi) is 5.49. The van der Waals surface area contributed by atoms with E-state index in [2.05, 4.69) is 25.3 Å². The predicted molar refractivity (Wildman–Crippen MR) is 116 cm³/mol. The molecule has 9 heteroatoms. The largest absolute Gasteiger partial charge is 0.483 e. The van der Waals surface area contributed by atoms with Gasteiger partial charge < -0.3 is 25.1 Å². The average molecular weight is 422 g/mol. The van der Waals surface area contributed by atoms with Crippen molar-refractivity contribution in [2.75, 3.05) is 5.32 Å². The van der Waals surface area contributed by atoms with Gasteiger partial charge in [-0.2, -0.15) is 0 Å². The molecule has 0 unspecified atom stereocenters. The minimum Gasteiger partial charge on any atom is -0.483 e. The van der Waals surface area contributed by atoms with Crippen molar-refractivity contribution in [3.63, 3.8) is 0 Å². The highest BCUT2D eigenvalue weighted by Gasteiger charge is 2.09. The first kappa shape index (κ1) is 19.3. The normalized spacial score (nSPS) is 10.4. The number of aromatic nitrogens is 4. The number of halogens is 1. The van der Waals surface area contributed by atoms with Gasteiger partial charge in [-0.25, -0.2) is 9.97 Å². The van der Waals surface area contributed by atoms with Gasteiger partial charge in [0.25, 0.3) is 6.47 Å². The zero-order valence-electron chi connectivity index (χ0n) is 15.5. The minimum atomic E-state index is -0.250. The van der Waals surface area contributed by atoms with Crippen LogP contribution in [0.25, 0.3) is 22.1 Å². The van der Waals surface area contributed by atoms with Crippen LogP contribution in [0.4, 0.5) is 11.6 Å². The summed E-state index contributed by atoms with van der Waals surface area (Å²) in [5.74, 6) is 2.14. The quantitative estimate of drug-likeness (QED) is 0.291. The summed E-state index contributed by atoms with van der Waals surface area (Å²) in [6.07, 6.45) is 3.45. The number of nitrogens with one attached hydrogen (secondary N) is 3. The Morgan fingerprint density at radius 1 is 1.10 bits per heavy atom. The van der Waals surface area contributed by atoms with Crippen molar-refractivity contribution < 1.29 is 14.6 Å². The number of nitrogens with zero attached hydrogens (tertiary/aromatic N) is 2. The van der Waals surface area contributed by atoms with E-state index in [1.807, 2.05) is 60.8 Å². The number of para-hydroxylation sites is 1. The number of benzene rings is 2. The van der Waals surface area contributed by atoms with Crippen LogP contribution in [0.5, 0.6) is 11.5 Å². The van der Waals surface area contributed by atoms with Crippen molar-refractivity contribution >= 4 is 51.8 Å². The molecule has 2 aromatic carbocycles. The Morgan fingerprint density at radius 2 is 1.90 bits per heavy atom. The first-order valence-corrected chi connectivity index (χ1v) is 9.24. The summed E-state index contributed by atoms with van der Waals surface area (Å²) in [6, 6.07) is 17.3. The number of imidazole rings is 1. The van der Waals surface area contributed by atoms with Crippen molar-refractivity contribution in [2.45, 2.75) is 0 Å². The number of fused-ring (bicyclic) bond motifs is 2. The maximum atomic E-state index is 8.36. The van der Waals surface area contributed by atoms with Gasteiger partial charge >= 0.3 is 0 Å². The number of anilines is 2. The molecular weight excluding hydrogens is 406 g/mol. The Hall–Kier alpha value is -4.04. The van der Waals surface area contributed by atoms with Gasteiger partial charge in [-0.15, -0.1) is 0 Å². The summed E-state index contributed by atoms with van der Waals surface area (Å²) < 4.78 is 5.87. The summed E-state index contributed by atoms with van der Waals surface area (Å²) in [5, 5.41) is 11.6. The molecule has 150 valence electrons. The molecule has 0 aliphatic rings. The fourth-order valence-corrected chi connectivity index (χ4v) is 3.10. The Morgan fingerprint density at radius 3 is 2.70 bits per heavy atom. The van der Waals surface area contributed by atoms with Crippen molar-refractivity contribution in [2.24, 2.45) is 0 Å². The van der Waals surface area contributed by atoms with E-state index >= 15 is 0 Å². The summed E-state index contributed by atoms with van der Waals surface area (Å²) in [4.78, 5) is 23.6. The van der Waals surface area contributed by atoms with E-state index < -0.39 is 0 Å². The lowest BCUT2D eigenvalue weighted by atomic mass is 10.3. The van der Waals surface area contributed by atoms with Gasteiger partial charge in [0.1, 0.15) is 17.1 Å². The third kappa shape index (κ3) is 4.18. The van der Waals surface area contributed by atoms with Crippen molar-refractivity contribution in [3.8, 4) is 11.5 Å². The van der Waals surface area contributed by atoms with Crippen LogP contribution in [0.3, 0.4) is 0 Å². The first-order chi connectivity index (χ1) is 14.7. The van der Waals surface area contributed by atoms with Crippen LogP contribution in [-0.2, 0) is 4.79 Å². The van der Waals surface area contributed by atoms with Crippen LogP contribution in [0.2, 0.25) is 5.02 Å². The molecule has 0 saturated carbocycles. The second-order valence-corrected chi connectivity index (χ2v) is 6.60. The lowest BCUT2D eigenvalue weighted by molar-refractivity contribution is -0.122. The van der Waals surface area contributed by atoms with Gasteiger partial charge in [-0.1, -0.05) is 29.8 Å². The predicted octanol–water partition coefficient (Wildman–Crippen LogP) is 5.33. The Balaban J connectivity index is 0.000000687. The molecule has 30 heavy (non-hydrogen) atoms. The molecule has 8 nitrogen and oxygen atoms in total. The molecule has 0 aliphatic heterocycles. The molecule has 5 rings (SSSR count). The number of pyridine rings is 1. The minimum absolute atomic E-state index is 0.250. The lowest BCUT2D eigenvalue weighted by Crippen LogP contribution is -1.90. The zero-order valence-corrected chi connectivity index (χ0v) is 16.2. The fraction of sp³-hybridized carbons (Fsp3) is 0. The summed E-state index contributed by atoms with van der Waals surface area (Å²) in [7, 11) is 0. The van der Waals surface area contributed by atoms with Gasteiger partial charge in [-0.3, -0.25) is 4.79 Å². The van der Waals surface area contributed by atoms with Crippen LogP contribution in [0.1, 0.15) is 0 Å². The third-order valence-electron chi connectivity index (χ3n) is 4.18. The van der Waals surface area contributed by atoms with Gasteiger partial charge in [0, 0.05) is 23.8 Å². The smallest absolute Gasteiger partial charge is 0.290 e. The second-order valence-electron chi connectivity index (χ2n) is 6.16.